The molecule has 0 bridgehead atoms. The van der Waals surface area contributed by atoms with Crippen LogP contribution in [0.3, 0.4) is 0 Å². The number of alkyl halides is 3. The lowest BCUT2D eigenvalue weighted by atomic mass is 10.1. The molecule has 0 saturated heterocycles. The van der Waals surface area contributed by atoms with Gasteiger partial charge in [-0.15, -0.1) is 11.3 Å². The Morgan fingerprint density at radius 3 is 2.75 bits per heavy atom. The first-order valence-corrected chi connectivity index (χ1v) is 7.84. The first-order valence-electron chi connectivity index (χ1n) is 6.96. The van der Waals surface area contributed by atoms with Crippen molar-refractivity contribution in [2.45, 2.75) is 12.7 Å². The molecular formula is C16H12F3N3OS. The van der Waals surface area contributed by atoms with Gasteiger partial charge in [-0.05, 0) is 29.6 Å². The van der Waals surface area contributed by atoms with Gasteiger partial charge in [-0.25, -0.2) is 4.68 Å². The van der Waals surface area contributed by atoms with Crippen LogP contribution in [0.1, 0.15) is 20.8 Å². The SMILES string of the molecule is O=C(Nc1ccnn1Cc1cccs1)c1cccc(C(F)(F)F)c1. The second-order valence-corrected chi connectivity index (χ2v) is 6.02. The van der Waals surface area contributed by atoms with E-state index in [1.54, 1.807) is 22.1 Å². The van der Waals surface area contributed by atoms with Gasteiger partial charge in [-0.1, -0.05) is 12.1 Å². The van der Waals surface area contributed by atoms with Crippen LogP contribution in [0.2, 0.25) is 0 Å². The molecular weight excluding hydrogens is 339 g/mol. The van der Waals surface area contributed by atoms with E-state index in [0.717, 1.165) is 17.0 Å². The number of rotatable bonds is 4. The molecule has 0 atom stereocenters. The third-order valence-electron chi connectivity index (χ3n) is 3.30. The summed E-state index contributed by atoms with van der Waals surface area (Å²) in [6.45, 7) is 0.475. The molecule has 124 valence electrons. The fourth-order valence-electron chi connectivity index (χ4n) is 2.14. The van der Waals surface area contributed by atoms with Crippen LogP contribution in [-0.2, 0) is 12.7 Å². The average molecular weight is 351 g/mol. The minimum atomic E-state index is -4.49. The number of benzene rings is 1. The van der Waals surface area contributed by atoms with Crippen LogP contribution < -0.4 is 5.32 Å². The molecule has 2 heterocycles. The van der Waals surface area contributed by atoms with Gasteiger partial charge in [0.05, 0.1) is 18.3 Å². The molecule has 3 rings (SSSR count). The average Bonchev–Trinajstić information content (AvgIpc) is 3.20. The zero-order valence-electron chi connectivity index (χ0n) is 12.2. The summed E-state index contributed by atoms with van der Waals surface area (Å²) < 4.78 is 39.8. The van der Waals surface area contributed by atoms with Gasteiger partial charge in [-0.2, -0.15) is 18.3 Å². The number of nitrogens with one attached hydrogen (secondary N) is 1. The van der Waals surface area contributed by atoms with Crippen molar-refractivity contribution in [2.24, 2.45) is 0 Å². The van der Waals surface area contributed by atoms with Gasteiger partial charge in [0.2, 0.25) is 0 Å². The Morgan fingerprint density at radius 1 is 1.21 bits per heavy atom. The lowest BCUT2D eigenvalue weighted by Gasteiger charge is -2.10. The molecule has 24 heavy (non-hydrogen) atoms. The molecule has 0 unspecified atom stereocenters. The van der Waals surface area contributed by atoms with Crippen molar-refractivity contribution in [3.05, 3.63) is 70.0 Å². The first-order chi connectivity index (χ1) is 11.4. The number of aromatic nitrogens is 2. The van der Waals surface area contributed by atoms with Crippen molar-refractivity contribution in [1.82, 2.24) is 9.78 Å². The molecule has 4 nitrogen and oxygen atoms in total. The molecule has 0 aliphatic carbocycles. The fourth-order valence-corrected chi connectivity index (χ4v) is 2.83. The number of hydrogen-bond donors (Lipinski definition) is 1. The normalized spacial score (nSPS) is 11.5. The number of amides is 1. The summed E-state index contributed by atoms with van der Waals surface area (Å²) in [5.41, 5.74) is -0.920. The lowest BCUT2D eigenvalue weighted by molar-refractivity contribution is -0.137. The van der Waals surface area contributed by atoms with Crippen molar-refractivity contribution in [1.29, 1.82) is 0 Å². The van der Waals surface area contributed by atoms with Gasteiger partial charge in [-0.3, -0.25) is 4.79 Å². The number of hydrogen-bond acceptors (Lipinski definition) is 3. The molecule has 3 aromatic rings. The van der Waals surface area contributed by atoms with E-state index in [-0.39, 0.29) is 5.56 Å². The number of carbonyl (C=O) groups excluding carboxylic acids is 1. The monoisotopic (exact) mass is 351 g/mol. The number of nitrogens with zero attached hydrogens (tertiary/aromatic N) is 2. The number of carbonyl (C=O) groups is 1. The molecule has 8 heteroatoms. The van der Waals surface area contributed by atoms with Crippen LogP contribution >= 0.6 is 11.3 Å². The standard InChI is InChI=1S/C16H12F3N3OS/c17-16(18,19)12-4-1-3-11(9-12)15(23)21-14-6-7-20-22(14)10-13-5-2-8-24-13/h1-9H,10H2,(H,21,23). The van der Waals surface area contributed by atoms with Gasteiger partial charge in [0.15, 0.2) is 0 Å². The van der Waals surface area contributed by atoms with Gasteiger partial charge in [0.25, 0.3) is 5.91 Å². The summed E-state index contributed by atoms with van der Waals surface area (Å²) in [6.07, 6.45) is -2.97. The van der Waals surface area contributed by atoms with E-state index in [2.05, 4.69) is 10.4 Å². The molecule has 2 aromatic heterocycles. The van der Waals surface area contributed by atoms with E-state index < -0.39 is 17.6 Å². The van der Waals surface area contributed by atoms with Crippen LogP contribution in [0.15, 0.2) is 54.0 Å². The highest BCUT2D eigenvalue weighted by Crippen LogP contribution is 2.29. The van der Waals surface area contributed by atoms with Gasteiger partial charge >= 0.3 is 6.18 Å². The van der Waals surface area contributed by atoms with Crippen molar-refractivity contribution >= 4 is 23.1 Å². The van der Waals surface area contributed by atoms with Gasteiger partial charge < -0.3 is 5.32 Å². The van der Waals surface area contributed by atoms with E-state index in [9.17, 15) is 18.0 Å². The molecule has 0 aliphatic heterocycles. The predicted octanol–water partition coefficient (Wildman–Crippen LogP) is 4.26. The maximum absolute atomic E-state index is 12.7. The number of halogens is 3. The Hall–Kier alpha value is -2.61. The molecule has 0 fully saturated rings. The number of anilines is 1. The van der Waals surface area contributed by atoms with E-state index in [1.165, 1.54) is 18.3 Å². The molecule has 1 N–H and O–H groups in total. The Labute approximate surface area is 139 Å². The second-order valence-electron chi connectivity index (χ2n) is 4.99. The van der Waals surface area contributed by atoms with Crippen LogP contribution in [0.25, 0.3) is 0 Å². The lowest BCUT2D eigenvalue weighted by Crippen LogP contribution is -2.17. The molecule has 1 amide bonds. The first kappa shape index (κ1) is 16.3. The molecule has 0 saturated carbocycles. The van der Waals surface area contributed by atoms with E-state index in [1.807, 2.05) is 17.5 Å². The van der Waals surface area contributed by atoms with E-state index >= 15 is 0 Å². The van der Waals surface area contributed by atoms with Gasteiger partial charge in [0.1, 0.15) is 5.82 Å². The predicted molar refractivity (Wildman–Crippen MR) is 85.0 cm³/mol. The van der Waals surface area contributed by atoms with E-state index in [0.29, 0.717) is 12.4 Å². The Kier molecular flexibility index (Phi) is 4.39. The molecule has 0 radical (unpaired) electrons. The largest absolute Gasteiger partial charge is 0.416 e. The highest BCUT2D eigenvalue weighted by atomic mass is 32.1. The molecule has 1 aromatic carbocycles. The smallest absolute Gasteiger partial charge is 0.307 e. The Balaban J connectivity index is 1.77. The third-order valence-corrected chi connectivity index (χ3v) is 4.16. The zero-order valence-corrected chi connectivity index (χ0v) is 13.1. The second kappa shape index (κ2) is 6.48. The topological polar surface area (TPSA) is 46.9 Å². The zero-order chi connectivity index (χ0) is 17.2. The summed E-state index contributed by atoms with van der Waals surface area (Å²) >= 11 is 1.55. The Morgan fingerprint density at radius 2 is 2.04 bits per heavy atom. The minimum absolute atomic E-state index is 0.0614. The molecule has 0 spiro atoms. The van der Waals surface area contributed by atoms with Crippen LogP contribution in [-0.4, -0.2) is 15.7 Å². The van der Waals surface area contributed by atoms with Crippen molar-refractivity contribution in [3.63, 3.8) is 0 Å². The highest BCUT2D eigenvalue weighted by molar-refractivity contribution is 7.09. The van der Waals surface area contributed by atoms with Gasteiger partial charge in [0, 0.05) is 16.5 Å². The van der Waals surface area contributed by atoms with Crippen molar-refractivity contribution in [2.75, 3.05) is 5.32 Å². The van der Waals surface area contributed by atoms with Crippen LogP contribution in [0.4, 0.5) is 19.0 Å². The summed E-state index contributed by atoms with van der Waals surface area (Å²) in [5, 5.41) is 8.65. The maximum Gasteiger partial charge on any atom is 0.416 e. The summed E-state index contributed by atoms with van der Waals surface area (Å²) in [6, 6.07) is 9.74. The minimum Gasteiger partial charge on any atom is -0.307 e. The molecule has 0 aliphatic rings. The number of thiophene rings is 1. The van der Waals surface area contributed by atoms with E-state index in [4.69, 9.17) is 0 Å². The summed E-state index contributed by atoms with van der Waals surface area (Å²) in [5.74, 6) is -0.195. The quantitative estimate of drug-likeness (QED) is 0.763. The summed E-state index contributed by atoms with van der Waals surface area (Å²) in [7, 11) is 0. The maximum atomic E-state index is 12.7. The van der Waals surface area contributed by atoms with Crippen LogP contribution in [0, 0.1) is 0 Å². The van der Waals surface area contributed by atoms with Crippen LogP contribution in [0.5, 0.6) is 0 Å². The summed E-state index contributed by atoms with van der Waals surface area (Å²) in [4.78, 5) is 13.3. The van der Waals surface area contributed by atoms with Crippen molar-refractivity contribution in [3.8, 4) is 0 Å². The fraction of sp³-hybridized carbons (Fsp3) is 0.125. The van der Waals surface area contributed by atoms with Crippen molar-refractivity contribution < 1.29 is 18.0 Å². The Bertz CT molecular complexity index is 840. The third kappa shape index (κ3) is 3.65. The highest BCUT2D eigenvalue weighted by Gasteiger charge is 2.30.